The van der Waals surface area contributed by atoms with Crippen LogP contribution in [0.2, 0.25) is 0 Å². The zero-order chi connectivity index (χ0) is 27.2. The van der Waals surface area contributed by atoms with Crippen molar-refractivity contribution in [2.75, 3.05) is 26.2 Å². The van der Waals surface area contributed by atoms with Gasteiger partial charge in [-0.1, -0.05) is 92.7 Å². The second-order valence-electron chi connectivity index (χ2n) is 9.13. The van der Waals surface area contributed by atoms with Gasteiger partial charge in [-0.05, 0) is 65.2 Å². The number of nitrogens with zero attached hydrogens (tertiary/aromatic N) is 1. The molecule has 0 aliphatic heterocycles. The normalized spacial score (nSPS) is 13.3. The molecule has 3 nitrogen and oxygen atoms in total. The molecule has 0 amide bonds. The molecule has 0 saturated heterocycles. The highest BCUT2D eigenvalue weighted by atomic mass is 19.4. The molecule has 1 N–H and O–H groups in total. The first-order valence-electron chi connectivity index (χ1n) is 12.8. The molecule has 4 aromatic rings. The lowest BCUT2D eigenvalue weighted by molar-refractivity contribution is -0.137. The molecule has 1 atom stereocenters. The van der Waals surface area contributed by atoms with E-state index in [-0.39, 0.29) is 0 Å². The highest BCUT2D eigenvalue weighted by Crippen LogP contribution is 2.39. The number of benzene rings is 4. The predicted octanol–water partition coefficient (Wildman–Crippen LogP) is 7.38. The Hall–Kier alpha value is -3.61. The summed E-state index contributed by atoms with van der Waals surface area (Å²) >= 11 is 0. The molecule has 0 spiro atoms. The van der Waals surface area contributed by atoms with Crippen molar-refractivity contribution in [3.8, 4) is 16.9 Å². The van der Waals surface area contributed by atoms with Crippen molar-refractivity contribution in [2.45, 2.75) is 25.6 Å². The topological polar surface area (TPSA) is 32.7 Å². The quantitative estimate of drug-likeness (QED) is 0.222. The third-order valence-electron chi connectivity index (χ3n) is 6.88. The Kier molecular flexibility index (Phi) is 8.55. The Bertz CT molecular complexity index is 1280. The van der Waals surface area contributed by atoms with E-state index in [1.54, 1.807) is 24.3 Å². The van der Waals surface area contributed by atoms with Crippen molar-refractivity contribution < 1.29 is 23.0 Å². The van der Waals surface area contributed by atoms with Crippen LogP contribution in [0.5, 0.6) is 5.75 Å². The fraction of sp³-hybridized carbons (Fsp3) is 0.250. The van der Waals surface area contributed by atoms with Crippen molar-refractivity contribution >= 4 is 0 Å². The molecule has 0 aliphatic rings. The van der Waals surface area contributed by atoms with Gasteiger partial charge in [0.25, 0.3) is 0 Å². The summed E-state index contributed by atoms with van der Waals surface area (Å²) in [6.45, 7) is 7.44. The van der Waals surface area contributed by atoms with Crippen molar-refractivity contribution in [2.24, 2.45) is 0 Å². The highest BCUT2D eigenvalue weighted by molar-refractivity contribution is 5.64. The molecular weight excluding hydrogens is 487 g/mol. The fourth-order valence-electron chi connectivity index (χ4n) is 4.56. The van der Waals surface area contributed by atoms with E-state index in [0.717, 1.165) is 42.9 Å². The van der Waals surface area contributed by atoms with Gasteiger partial charge in [0, 0.05) is 6.54 Å². The molecule has 0 radical (unpaired) electrons. The maximum atomic E-state index is 13.2. The summed E-state index contributed by atoms with van der Waals surface area (Å²) < 4.78 is 45.6. The van der Waals surface area contributed by atoms with Gasteiger partial charge < -0.3 is 14.7 Å². The lowest BCUT2D eigenvalue weighted by Gasteiger charge is -2.31. The van der Waals surface area contributed by atoms with E-state index in [1.165, 1.54) is 12.1 Å². The van der Waals surface area contributed by atoms with Gasteiger partial charge in [0.05, 0.1) is 5.56 Å². The number of aliphatic hydroxyl groups is 1. The van der Waals surface area contributed by atoms with Crippen LogP contribution in [-0.4, -0.2) is 36.2 Å². The number of ether oxygens (including phenoxy) is 1. The molecule has 0 heterocycles. The number of hydrogen-bond acceptors (Lipinski definition) is 3. The number of halogens is 3. The van der Waals surface area contributed by atoms with Gasteiger partial charge in [-0.3, -0.25) is 0 Å². The smallest absolute Gasteiger partial charge is 0.416 e. The van der Waals surface area contributed by atoms with E-state index in [2.05, 4.69) is 18.7 Å². The van der Waals surface area contributed by atoms with Crippen LogP contribution in [0.15, 0.2) is 103 Å². The SMILES string of the molecule is CCN(CC)CCOc1ccc(C(O)(c2ccc(-c3ccccc3)cc2)c2ccc(C(F)(F)F)cc2)cc1. The van der Waals surface area contributed by atoms with Crippen LogP contribution in [0.3, 0.4) is 0 Å². The Balaban J connectivity index is 1.68. The monoisotopic (exact) mass is 519 g/mol. The summed E-state index contributed by atoms with van der Waals surface area (Å²) in [5, 5.41) is 12.2. The Morgan fingerprint density at radius 3 is 1.58 bits per heavy atom. The van der Waals surface area contributed by atoms with Crippen molar-refractivity contribution in [1.29, 1.82) is 0 Å². The minimum Gasteiger partial charge on any atom is -0.492 e. The summed E-state index contributed by atoms with van der Waals surface area (Å²) in [6, 6.07) is 29.0. The maximum absolute atomic E-state index is 13.2. The molecule has 4 aromatic carbocycles. The van der Waals surface area contributed by atoms with Crippen LogP contribution in [0, 0.1) is 0 Å². The van der Waals surface area contributed by atoms with E-state index < -0.39 is 17.3 Å². The minimum absolute atomic E-state index is 0.341. The first-order valence-corrected chi connectivity index (χ1v) is 12.8. The Morgan fingerprint density at radius 2 is 1.08 bits per heavy atom. The van der Waals surface area contributed by atoms with Crippen LogP contribution in [-0.2, 0) is 11.8 Å². The van der Waals surface area contributed by atoms with Crippen molar-refractivity contribution in [3.63, 3.8) is 0 Å². The zero-order valence-electron chi connectivity index (χ0n) is 21.6. The Labute approximate surface area is 222 Å². The van der Waals surface area contributed by atoms with Crippen LogP contribution in [0.25, 0.3) is 11.1 Å². The van der Waals surface area contributed by atoms with Gasteiger partial charge in [0.1, 0.15) is 18.0 Å². The number of rotatable bonds is 10. The van der Waals surface area contributed by atoms with E-state index in [9.17, 15) is 18.3 Å². The largest absolute Gasteiger partial charge is 0.492 e. The van der Waals surface area contributed by atoms with Gasteiger partial charge >= 0.3 is 6.18 Å². The molecule has 0 aromatic heterocycles. The molecule has 6 heteroatoms. The van der Waals surface area contributed by atoms with Gasteiger partial charge in [0.15, 0.2) is 0 Å². The summed E-state index contributed by atoms with van der Waals surface area (Å²) in [7, 11) is 0. The summed E-state index contributed by atoms with van der Waals surface area (Å²) in [5.41, 5.74) is 0.990. The molecule has 198 valence electrons. The van der Waals surface area contributed by atoms with Crippen LogP contribution in [0.1, 0.15) is 36.1 Å². The van der Waals surface area contributed by atoms with Crippen molar-refractivity contribution in [1.82, 2.24) is 4.90 Å². The summed E-state index contributed by atoms with van der Waals surface area (Å²) in [4.78, 5) is 2.26. The van der Waals surface area contributed by atoms with Gasteiger partial charge in [-0.25, -0.2) is 0 Å². The van der Waals surface area contributed by atoms with Crippen LogP contribution < -0.4 is 4.74 Å². The maximum Gasteiger partial charge on any atom is 0.416 e. The highest BCUT2D eigenvalue weighted by Gasteiger charge is 2.36. The van der Waals surface area contributed by atoms with Crippen LogP contribution >= 0.6 is 0 Å². The zero-order valence-corrected chi connectivity index (χ0v) is 21.6. The molecule has 0 fully saturated rings. The van der Waals surface area contributed by atoms with Crippen LogP contribution in [0.4, 0.5) is 13.2 Å². The van der Waals surface area contributed by atoms with E-state index in [4.69, 9.17) is 4.74 Å². The fourth-order valence-corrected chi connectivity index (χ4v) is 4.56. The lowest BCUT2D eigenvalue weighted by atomic mass is 9.79. The third-order valence-corrected chi connectivity index (χ3v) is 6.88. The third kappa shape index (κ3) is 6.09. The van der Waals surface area contributed by atoms with E-state index >= 15 is 0 Å². The standard InChI is InChI=1S/C32H32F3NO2/c1-3-36(4-2)22-23-38-30-20-18-28(19-21-30)31(37,27-14-16-29(17-15-27)32(33,34)35)26-12-10-25(11-13-26)24-8-6-5-7-9-24/h5-21,37H,3-4,22-23H2,1-2H3. The number of alkyl halides is 3. The average molecular weight is 520 g/mol. The second-order valence-corrected chi connectivity index (χ2v) is 9.13. The molecule has 0 saturated carbocycles. The molecule has 1 unspecified atom stereocenters. The molecule has 0 bridgehead atoms. The van der Waals surface area contributed by atoms with Gasteiger partial charge in [-0.15, -0.1) is 0 Å². The van der Waals surface area contributed by atoms with Gasteiger partial charge in [-0.2, -0.15) is 13.2 Å². The summed E-state index contributed by atoms with van der Waals surface area (Å²) in [6.07, 6.45) is -4.46. The number of hydrogen-bond donors (Lipinski definition) is 1. The predicted molar refractivity (Wildman–Crippen MR) is 145 cm³/mol. The number of likely N-dealkylation sites (N-methyl/N-ethyl adjacent to an activating group) is 1. The molecule has 0 aliphatic carbocycles. The molecule has 38 heavy (non-hydrogen) atoms. The minimum atomic E-state index is -4.46. The molecule has 4 rings (SSSR count). The Morgan fingerprint density at radius 1 is 0.632 bits per heavy atom. The molecular formula is C32H32F3NO2. The van der Waals surface area contributed by atoms with Gasteiger partial charge in [0.2, 0.25) is 0 Å². The van der Waals surface area contributed by atoms with Crippen molar-refractivity contribution in [3.05, 3.63) is 125 Å². The lowest BCUT2D eigenvalue weighted by Crippen LogP contribution is -2.29. The first kappa shape index (κ1) is 27.4. The first-order chi connectivity index (χ1) is 18.3. The van der Waals surface area contributed by atoms with E-state index in [1.807, 2.05) is 54.6 Å². The summed E-state index contributed by atoms with van der Waals surface area (Å²) in [5.74, 6) is 0.662. The van der Waals surface area contributed by atoms with E-state index in [0.29, 0.717) is 29.0 Å². The second kappa shape index (κ2) is 11.8. The average Bonchev–Trinajstić information content (AvgIpc) is 2.95.